The molecule has 0 fully saturated rings. The summed E-state index contributed by atoms with van der Waals surface area (Å²) in [4.78, 5) is 32.9. The third-order valence-electron chi connectivity index (χ3n) is 3.82. The Morgan fingerprint density at radius 2 is 1.68 bits per heavy atom. The minimum Gasteiger partial charge on any atom is -0.454 e. The predicted molar refractivity (Wildman–Crippen MR) is 90.0 cm³/mol. The second-order valence-corrected chi connectivity index (χ2v) is 5.58. The van der Waals surface area contributed by atoms with Gasteiger partial charge in [-0.2, -0.15) is 0 Å². The van der Waals surface area contributed by atoms with Gasteiger partial charge in [-0.15, -0.1) is 0 Å². The molecule has 0 saturated heterocycles. The van der Waals surface area contributed by atoms with Gasteiger partial charge in [-0.05, 0) is 44.2 Å². The standard InChI is InChI=1S/C19H15FN2O3/c1-11-12(2)22-17-9-13(7-8-16(17)21-11)19(24)25-10-18(23)14-5-3-4-6-15(14)20/h3-9H,10H2,1-2H3. The van der Waals surface area contributed by atoms with Crippen molar-refractivity contribution >= 4 is 22.8 Å². The first-order chi connectivity index (χ1) is 12.0. The number of hydrogen-bond donors (Lipinski definition) is 0. The van der Waals surface area contributed by atoms with E-state index < -0.39 is 24.2 Å². The largest absolute Gasteiger partial charge is 0.454 e. The van der Waals surface area contributed by atoms with Crippen LogP contribution in [-0.2, 0) is 4.74 Å². The molecule has 2 aromatic carbocycles. The van der Waals surface area contributed by atoms with Gasteiger partial charge < -0.3 is 4.74 Å². The van der Waals surface area contributed by atoms with Gasteiger partial charge in [0, 0.05) is 0 Å². The summed E-state index contributed by atoms with van der Waals surface area (Å²) >= 11 is 0. The molecular weight excluding hydrogens is 323 g/mol. The summed E-state index contributed by atoms with van der Waals surface area (Å²) in [5.74, 6) is -1.92. The van der Waals surface area contributed by atoms with E-state index in [0.29, 0.717) is 11.0 Å². The lowest BCUT2D eigenvalue weighted by Gasteiger charge is -2.07. The monoisotopic (exact) mass is 338 g/mol. The summed E-state index contributed by atoms with van der Waals surface area (Å²) in [6, 6.07) is 10.3. The molecule has 0 saturated carbocycles. The highest BCUT2D eigenvalue weighted by Gasteiger charge is 2.15. The van der Waals surface area contributed by atoms with E-state index in [-0.39, 0.29) is 11.1 Å². The first kappa shape index (κ1) is 16.7. The van der Waals surface area contributed by atoms with Crippen LogP contribution in [0.2, 0.25) is 0 Å². The fourth-order valence-corrected chi connectivity index (χ4v) is 2.34. The van der Waals surface area contributed by atoms with Crippen molar-refractivity contribution in [2.75, 3.05) is 6.61 Å². The molecule has 5 nitrogen and oxygen atoms in total. The average molecular weight is 338 g/mol. The smallest absolute Gasteiger partial charge is 0.338 e. The van der Waals surface area contributed by atoms with Crippen molar-refractivity contribution in [2.45, 2.75) is 13.8 Å². The van der Waals surface area contributed by atoms with Crippen LogP contribution in [0.3, 0.4) is 0 Å². The van der Waals surface area contributed by atoms with Crippen molar-refractivity contribution in [3.8, 4) is 0 Å². The van der Waals surface area contributed by atoms with Crippen LogP contribution in [0.4, 0.5) is 4.39 Å². The lowest BCUT2D eigenvalue weighted by molar-refractivity contribution is 0.0473. The molecule has 0 atom stereocenters. The Morgan fingerprint density at radius 1 is 1.00 bits per heavy atom. The molecule has 1 heterocycles. The molecule has 0 unspecified atom stereocenters. The van der Waals surface area contributed by atoms with Gasteiger partial charge in [0.15, 0.2) is 6.61 Å². The summed E-state index contributed by atoms with van der Waals surface area (Å²) in [7, 11) is 0. The summed E-state index contributed by atoms with van der Waals surface area (Å²) < 4.78 is 18.6. The molecule has 0 N–H and O–H groups in total. The summed E-state index contributed by atoms with van der Waals surface area (Å²) in [5, 5.41) is 0. The SMILES string of the molecule is Cc1nc2ccc(C(=O)OCC(=O)c3ccccc3F)cc2nc1C. The number of rotatable bonds is 4. The Balaban J connectivity index is 1.75. The normalized spacial score (nSPS) is 10.7. The van der Waals surface area contributed by atoms with Crippen molar-refractivity contribution in [3.05, 3.63) is 70.8 Å². The van der Waals surface area contributed by atoms with E-state index in [1.807, 2.05) is 13.8 Å². The Bertz CT molecular complexity index is 986. The number of halogens is 1. The zero-order valence-corrected chi connectivity index (χ0v) is 13.7. The van der Waals surface area contributed by atoms with Gasteiger partial charge >= 0.3 is 5.97 Å². The van der Waals surface area contributed by atoms with E-state index in [4.69, 9.17) is 4.74 Å². The molecule has 0 aliphatic carbocycles. The Kier molecular flexibility index (Phi) is 4.52. The van der Waals surface area contributed by atoms with Crippen molar-refractivity contribution in [2.24, 2.45) is 0 Å². The van der Waals surface area contributed by atoms with Gasteiger partial charge in [-0.25, -0.2) is 19.2 Å². The highest BCUT2D eigenvalue weighted by Crippen LogP contribution is 2.15. The lowest BCUT2D eigenvalue weighted by atomic mass is 10.1. The third-order valence-corrected chi connectivity index (χ3v) is 3.82. The second kappa shape index (κ2) is 6.76. The number of nitrogens with zero attached hydrogens (tertiary/aromatic N) is 2. The summed E-state index contributed by atoms with van der Waals surface area (Å²) in [6.45, 7) is 3.16. The van der Waals surface area contributed by atoms with E-state index in [0.717, 1.165) is 11.4 Å². The molecule has 126 valence electrons. The van der Waals surface area contributed by atoms with Crippen LogP contribution in [0, 0.1) is 19.7 Å². The number of benzene rings is 2. The molecule has 6 heteroatoms. The summed E-state index contributed by atoms with van der Waals surface area (Å²) in [6.07, 6.45) is 0. The van der Waals surface area contributed by atoms with Crippen LogP contribution in [0.1, 0.15) is 32.1 Å². The zero-order chi connectivity index (χ0) is 18.0. The van der Waals surface area contributed by atoms with Gasteiger partial charge in [0.2, 0.25) is 5.78 Å². The fourth-order valence-electron chi connectivity index (χ4n) is 2.34. The Morgan fingerprint density at radius 3 is 2.40 bits per heavy atom. The van der Waals surface area contributed by atoms with Crippen LogP contribution in [0.15, 0.2) is 42.5 Å². The Labute approximate surface area is 143 Å². The van der Waals surface area contributed by atoms with Crippen LogP contribution in [0.5, 0.6) is 0 Å². The van der Waals surface area contributed by atoms with Gasteiger partial charge in [0.05, 0.1) is 33.5 Å². The molecule has 0 aliphatic heterocycles. The molecular formula is C19H15FN2O3. The maximum absolute atomic E-state index is 13.6. The maximum atomic E-state index is 13.6. The number of carbonyl (C=O) groups is 2. The molecule has 3 aromatic rings. The van der Waals surface area contributed by atoms with E-state index in [2.05, 4.69) is 9.97 Å². The van der Waals surface area contributed by atoms with Gasteiger partial charge in [0.25, 0.3) is 0 Å². The second-order valence-electron chi connectivity index (χ2n) is 5.58. The first-order valence-electron chi connectivity index (χ1n) is 7.65. The van der Waals surface area contributed by atoms with E-state index in [1.165, 1.54) is 18.2 Å². The van der Waals surface area contributed by atoms with Crippen LogP contribution < -0.4 is 0 Å². The van der Waals surface area contributed by atoms with Crippen molar-refractivity contribution in [3.63, 3.8) is 0 Å². The highest BCUT2D eigenvalue weighted by molar-refractivity contribution is 6.00. The van der Waals surface area contributed by atoms with E-state index in [9.17, 15) is 14.0 Å². The molecule has 0 aliphatic rings. The molecule has 0 radical (unpaired) electrons. The van der Waals surface area contributed by atoms with E-state index >= 15 is 0 Å². The van der Waals surface area contributed by atoms with Crippen molar-refractivity contribution < 1.29 is 18.7 Å². The lowest BCUT2D eigenvalue weighted by Crippen LogP contribution is -2.15. The number of esters is 1. The third kappa shape index (κ3) is 3.52. The van der Waals surface area contributed by atoms with E-state index in [1.54, 1.807) is 24.3 Å². The van der Waals surface area contributed by atoms with Crippen molar-refractivity contribution in [1.29, 1.82) is 0 Å². The number of aryl methyl sites for hydroxylation is 2. The number of Topliss-reactive ketones (excluding diaryl/α,β-unsaturated/α-hetero) is 1. The Hall–Kier alpha value is -3.15. The van der Waals surface area contributed by atoms with Gasteiger partial charge in [-0.3, -0.25) is 4.79 Å². The molecule has 25 heavy (non-hydrogen) atoms. The summed E-state index contributed by atoms with van der Waals surface area (Å²) in [5.41, 5.74) is 2.98. The molecule has 0 spiro atoms. The fraction of sp³-hybridized carbons (Fsp3) is 0.158. The van der Waals surface area contributed by atoms with Gasteiger partial charge in [-0.1, -0.05) is 12.1 Å². The maximum Gasteiger partial charge on any atom is 0.338 e. The molecule has 0 amide bonds. The van der Waals surface area contributed by atoms with Crippen LogP contribution in [-0.4, -0.2) is 28.3 Å². The molecule has 3 rings (SSSR count). The number of hydrogen-bond acceptors (Lipinski definition) is 5. The minimum atomic E-state index is -0.674. The topological polar surface area (TPSA) is 69.2 Å². The first-order valence-corrected chi connectivity index (χ1v) is 7.65. The van der Waals surface area contributed by atoms with Crippen molar-refractivity contribution in [1.82, 2.24) is 9.97 Å². The zero-order valence-electron chi connectivity index (χ0n) is 13.7. The quantitative estimate of drug-likeness (QED) is 0.538. The average Bonchev–Trinajstić information content (AvgIpc) is 2.60. The molecule has 0 bridgehead atoms. The number of aromatic nitrogens is 2. The van der Waals surface area contributed by atoms with Crippen LogP contribution >= 0.6 is 0 Å². The number of fused-ring (bicyclic) bond motifs is 1. The number of ketones is 1. The number of carbonyl (C=O) groups excluding carboxylic acids is 2. The van der Waals surface area contributed by atoms with Gasteiger partial charge in [0.1, 0.15) is 5.82 Å². The molecule has 1 aromatic heterocycles. The highest BCUT2D eigenvalue weighted by atomic mass is 19.1. The predicted octanol–water partition coefficient (Wildman–Crippen LogP) is 3.43. The van der Waals surface area contributed by atoms with Crippen LogP contribution in [0.25, 0.3) is 11.0 Å². The number of ether oxygens (including phenoxy) is 1. The minimum absolute atomic E-state index is 0.106.